The maximum atomic E-state index is 13.1. The van der Waals surface area contributed by atoms with Crippen LogP contribution >= 0.6 is 15.9 Å². The number of likely N-dealkylation sites (tertiary alicyclic amines) is 1. The van der Waals surface area contributed by atoms with Crippen LogP contribution in [0.4, 0.5) is 8.78 Å². The Morgan fingerprint density at radius 1 is 1.25 bits per heavy atom. The highest BCUT2D eigenvalue weighted by Crippen LogP contribution is 2.22. The summed E-state index contributed by atoms with van der Waals surface area (Å²) in [5.41, 5.74) is 0.188. The number of carbonyl (C=O) groups excluding carboxylic acids is 1. The maximum absolute atomic E-state index is 13.1. The molecule has 0 atom stereocenters. The van der Waals surface area contributed by atoms with E-state index in [1.165, 1.54) is 6.07 Å². The number of nitrogens with zero attached hydrogens (tertiary/aromatic N) is 1. The molecule has 86 valence electrons. The molecular formula is C11H10BrF2NO. The fraction of sp³-hybridized carbons (Fsp3) is 0.364. The largest absolute Gasteiger partial charge is 0.339 e. The minimum Gasteiger partial charge on any atom is -0.339 e. The first-order chi connectivity index (χ1) is 7.59. The molecule has 5 heteroatoms. The number of hydrogen-bond acceptors (Lipinski definition) is 1. The van der Waals surface area contributed by atoms with E-state index in [4.69, 9.17) is 0 Å². The van der Waals surface area contributed by atoms with Crippen molar-refractivity contribution in [3.63, 3.8) is 0 Å². The van der Waals surface area contributed by atoms with Crippen molar-refractivity contribution in [1.82, 2.24) is 4.90 Å². The van der Waals surface area contributed by atoms with Gasteiger partial charge in [0.1, 0.15) is 0 Å². The minimum absolute atomic E-state index is 0.0185. The van der Waals surface area contributed by atoms with Crippen LogP contribution in [0.25, 0.3) is 0 Å². The molecule has 16 heavy (non-hydrogen) atoms. The van der Waals surface area contributed by atoms with Crippen molar-refractivity contribution in [1.29, 1.82) is 0 Å². The van der Waals surface area contributed by atoms with Crippen molar-refractivity contribution >= 4 is 21.8 Å². The van der Waals surface area contributed by atoms with E-state index in [0.717, 1.165) is 18.9 Å². The quantitative estimate of drug-likeness (QED) is 0.728. The van der Waals surface area contributed by atoms with E-state index in [0.29, 0.717) is 13.1 Å². The molecule has 0 bridgehead atoms. The molecule has 2 rings (SSSR count). The topological polar surface area (TPSA) is 20.3 Å². The van der Waals surface area contributed by atoms with Gasteiger partial charge in [-0.1, -0.05) is 0 Å². The molecule has 1 aromatic carbocycles. The Hall–Kier alpha value is -0.970. The molecule has 0 aliphatic carbocycles. The van der Waals surface area contributed by atoms with Crippen molar-refractivity contribution in [2.75, 3.05) is 13.1 Å². The van der Waals surface area contributed by atoms with Gasteiger partial charge in [-0.3, -0.25) is 4.79 Å². The van der Waals surface area contributed by atoms with Gasteiger partial charge in [0.05, 0.1) is 4.47 Å². The highest BCUT2D eigenvalue weighted by atomic mass is 79.9. The summed E-state index contributed by atoms with van der Waals surface area (Å²) < 4.78 is 26.1. The van der Waals surface area contributed by atoms with Crippen molar-refractivity contribution in [2.24, 2.45) is 0 Å². The summed E-state index contributed by atoms with van der Waals surface area (Å²) in [5, 5.41) is 0. The van der Waals surface area contributed by atoms with Gasteiger partial charge in [-0.05, 0) is 40.9 Å². The summed E-state index contributed by atoms with van der Waals surface area (Å²) in [6.45, 7) is 1.38. The molecule has 0 unspecified atom stereocenters. The second-order valence-corrected chi connectivity index (χ2v) is 4.61. The van der Waals surface area contributed by atoms with Gasteiger partial charge in [0.15, 0.2) is 11.6 Å². The molecule has 1 aliphatic heterocycles. The number of carbonyl (C=O) groups is 1. The monoisotopic (exact) mass is 289 g/mol. The third kappa shape index (κ3) is 2.09. The zero-order valence-corrected chi connectivity index (χ0v) is 10.1. The summed E-state index contributed by atoms with van der Waals surface area (Å²) >= 11 is 2.89. The molecule has 1 saturated heterocycles. The lowest BCUT2D eigenvalue weighted by atomic mass is 10.2. The summed E-state index contributed by atoms with van der Waals surface area (Å²) in [6, 6.07) is 2.26. The molecule has 1 amide bonds. The molecule has 0 saturated carbocycles. The standard InChI is InChI=1S/C11H10BrF2NO/c12-8-5-7(6-9(13)10(8)14)11(16)15-3-1-2-4-15/h5-6H,1-4H2. The fourth-order valence-corrected chi connectivity index (χ4v) is 2.22. The van der Waals surface area contributed by atoms with E-state index in [1.54, 1.807) is 4.90 Å². The second kappa shape index (κ2) is 4.49. The van der Waals surface area contributed by atoms with Gasteiger partial charge >= 0.3 is 0 Å². The van der Waals surface area contributed by atoms with Crippen LogP contribution in [0.1, 0.15) is 23.2 Å². The van der Waals surface area contributed by atoms with Crippen LogP contribution in [-0.2, 0) is 0 Å². The molecule has 1 heterocycles. The van der Waals surface area contributed by atoms with Crippen molar-refractivity contribution < 1.29 is 13.6 Å². The van der Waals surface area contributed by atoms with Crippen LogP contribution in [0.5, 0.6) is 0 Å². The van der Waals surface area contributed by atoms with Gasteiger partial charge in [0.25, 0.3) is 5.91 Å². The van der Waals surface area contributed by atoms with Gasteiger partial charge < -0.3 is 4.90 Å². The van der Waals surface area contributed by atoms with Gasteiger partial charge in [-0.15, -0.1) is 0 Å². The van der Waals surface area contributed by atoms with E-state index in [2.05, 4.69) is 15.9 Å². The second-order valence-electron chi connectivity index (χ2n) is 3.75. The normalized spacial score (nSPS) is 15.6. The Morgan fingerprint density at radius 2 is 1.88 bits per heavy atom. The molecule has 2 nitrogen and oxygen atoms in total. The average Bonchev–Trinajstić information content (AvgIpc) is 2.77. The number of rotatable bonds is 1. The average molecular weight is 290 g/mol. The Balaban J connectivity index is 2.29. The van der Waals surface area contributed by atoms with Crippen LogP contribution in [0.15, 0.2) is 16.6 Å². The van der Waals surface area contributed by atoms with Gasteiger partial charge in [-0.25, -0.2) is 8.78 Å². The molecular weight excluding hydrogens is 280 g/mol. The lowest BCUT2D eigenvalue weighted by Crippen LogP contribution is -2.27. The van der Waals surface area contributed by atoms with E-state index in [9.17, 15) is 13.6 Å². The first kappa shape index (κ1) is 11.5. The Kier molecular flexibility index (Phi) is 3.23. The molecule has 0 spiro atoms. The predicted octanol–water partition coefficient (Wildman–Crippen LogP) is 2.96. The molecule has 1 aliphatic rings. The highest BCUT2D eigenvalue weighted by molar-refractivity contribution is 9.10. The highest BCUT2D eigenvalue weighted by Gasteiger charge is 2.21. The summed E-state index contributed by atoms with van der Waals surface area (Å²) in [5.74, 6) is -2.20. The van der Waals surface area contributed by atoms with Crippen LogP contribution in [0, 0.1) is 11.6 Å². The van der Waals surface area contributed by atoms with Gasteiger partial charge in [-0.2, -0.15) is 0 Å². The van der Waals surface area contributed by atoms with Crippen molar-refractivity contribution in [3.05, 3.63) is 33.8 Å². The lowest BCUT2D eigenvalue weighted by molar-refractivity contribution is 0.0792. The Bertz CT molecular complexity index is 407. The predicted molar refractivity (Wildman–Crippen MR) is 59.2 cm³/mol. The molecule has 0 radical (unpaired) electrons. The fourth-order valence-electron chi connectivity index (χ4n) is 1.78. The number of hydrogen-bond donors (Lipinski definition) is 0. The van der Waals surface area contributed by atoms with Crippen molar-refractivity contribution in [3.8, 4) is 0 Å². The third-order valence-electron chi connectivity index (χ3n) is 2.62. The lowest BCUT2D eigenvalue weighted by Gasteiger charge is -2.15. The van der Waals surface area contributed by atoms with Gasteiger partial charge in [0.2, 0.25) is 0 Å². The SMILES string of the molecule is O=C(c1cc(F)c(F)c(Br)c1)N1CCCC1. The first-order valence-corrected chi connectivity index (χ1v) is 5.82. The zero-order valence-electron chi connectivity index (χ0n) is 8.47. The van der Waals surface area contributed by atoms with E-state index >= 15 is 0 Å². The number of amides is 1. The van der Waals surface area contributed by atoms with Crippen LogP contribution in [-0.4, -0.2) is 23.9 Å². The van der Waals surface area contributed by atoms with Crippen LogP contribution < -0.4 is 0 Å². The smallest absolute Gasteiger partial charge is 0.253 e. The first-order valence-electron chi connectivity index (χ1n) is 5.03. The summed E-state index contributed by atoms with van der Waals surface area (Å²) in [4.78, 5) is 13.5. The Labute approximate surface area is 100 Å². The number of benzene rings is 1. The molecule has 0 aromatic heterocycles. The third-order valence-corrected chi connectivity index (χ3v) is 3.20. The summed E-state index contributed by atoms with van der Waals surface area (Å²) in [6.07, 6.45) is 1.94. The zero-order chi connectivity index (χ0) is 11.7. The number of halogens is 3. The minimum atomic E-state index is -1.00. The maximum Gasteiger partial charge on any atom is 0.253 e. The van der Waals surface area contributed by atoms with Crippen LogP contribution in [0.2, 0.25) is 0 Å². The van der Waals surface area contributed by atoms with E-state index < -0.39 is 11.6 Å². The van der Waals surface area contributed by atoms with Crippen molar-refractivity contribution in [2.45, 2.75) is 12.8 Å². The molecule has 1 aromatic rings. The molecule has 1 fully saturated rings. The summed E-state index contributed by atoms with van der Waals surface area (Å²) in [7, 11) is 0. The van der Waals surface area contributed by atoms with Crippen LogP contribution in [0.3, 0.4) is 0 Å². The van der Waals surface area contributed by atoms with Gasteiger partial charge in [0, 0.05) is 18.7 Å². The Morgan fingerprint density at radius 3 is 2.44 bits per heavy atom. The van der Waals surface area contributed by atoms with E-state index in [1.807, 2.05) is 0 Å². The molecule has 0 N–H and O–H groups in total. The van der Waals surface area contributed by atoms with E-state index in [-0.39, 0.29) is 15.9 Å².